The van der Waals surface area contributed by atoms with E-state index >= 15 is 0 Å². The molecule has 0 saturated carbocycles. The highest BCUT2D eigenvalue weighted by molar-refractivity contribution is 5.89. The number of methoxy groups -OCH3 is 2. The molecule has 0 saturated heterocycles. The molecule has 0 N–H and O–H groups in total. The Morgan fingerprint density at radius 2 is 1.62 bits per heavy atom. The van der Waals surface area contributed by atoms with Crippen molar-refractivity contribution < 1.29 is 23.8 Å². The molecule has 29 heavy (non-hydrogen) atoms. The molecule has 3 rings (SSSR count). The predicted octanol–water partition coefficient (Wildman–Crippen LogP) is 4.73. The van der Waals surface area contributed by atoms with E-state index in [4.69, 9.17) is 14.2 Å². The predicted molar refractivity (Wildman–Crippen MR) is 111 cm³/mol. The van der Waals surface area contributed by atoms with Crippen LogP contribution in [0.15, 0.2) is 66.7 Å². The van der Waals surface area contributed by atoms with E-state index in [1.807, 2.05) is 42.5 Å². The fourth-order valence-corrected chi connectivity index (χ4v) is 2.98. The molecule has 0 bridgehead atoms. The number of hydrogen-bond donors (Lipinski definition) is 0. The summed E-state index contributed by atoms with van der Waals surface area (Å²) in [7, 11) is 2.91. The Morgan fingerprint density at radius 3 is 2.31 bits per heavy atom. The number of hydrogen-bond acceptors (Lipinski definition) is 5. The van der Waals surface area contributed by atoms with Gasteiger partial charge in [-0.05, 0) is 47.5 Å². The lowest BCUT2D eigenvalue weighted by Gasteiger charge is -2.22. The Bertz CT molecular complexity index is 1000. The third-order valence-corrected chi connectivity index (χ3v) is 4.72. The molecule has 0 radical (unpaired) electrons. The van der Waals surface area contributed by atoms with Crippen molar-refractivity contribution >= 4 is 28.5 Å². The second-order valence-electron chi connectivity index (χ2n) is 6.52. The fraction of sp³-hybridized carbons (Fsp3) is 0.217. The average molecular weight is 393 g/mol. The van der Waals surface area contributed by atoms with Crippen LogP contribution in [-0.4, -0.2) is 33.0 Å². The summed E-state index contributed by atoms with van der Waals surface area (Å²) in [5.74, 6) is -0.138. The largest absolute Gasteiger partial charge is 0.497 e. The molecule has 6 nitrogen and oxygen atoms in total. The van der Waals surface area contributed by atoms with Gasteiger partial charge in [0.15, 0.2) is 6.73 Å². The molecule has 0 spiro atoms. The molecule has 0 aromatic heterocycles. The van der Waals surface area contributed by atoms with Crippen LogP contribution in [-0.2, 0) is 14.3 Å². The van der Waals surface area contributed by atoms with Crippen molar-refractivity contribution in [2.75, 3.05) is 25.9 Å². The summed E-state index contributed by atoms with van der Waals surface area (Å²) in [6, 6.07) is 20.5. The smallest absolute Gasteiger partial charge is 0.416 e. The van der Waals surface area contributed by atoms with Crippen molar-refractivity contribution in [3.8, 4) is 5.75 Å². The van der Waals surface area contributed by atoms with Crippen LogP contribution in [0.1, 0.15) is 18.4 Å². The summed E-state index contributed by atoms with van der Waals surface area (Å²) < 4.78 is 15.5. The highest BCUT2D eigenvalue weighted by Crippen LogP contribution is 2.26. The third-order valence-electron chi connectivity index (χ3n) is 4.72. The van der Waals surface area contributed by atoms with Gasteiger partial charge in [0.25, 0.3) is 0 Å². The molecule has 0 heterocycles. The van der Waals surface area contributed by atoms with Gasteiger partial charge >= 0.3 is 12.1 Å². The minimum absolute atomic E-state index is 0.232. The van der Waals surface area contributed by atoms with Gasteiger partial charge in [0.05, 0.1) is 25.8 Å². The van der Waals surface area contributed by atoms with E-state index in [0.29, 0.717) is 5.69 Å². The number of nitrogens with zero attached hydrogens (tertiary/aromatic N) is 1. The van der Waals surface area contributed by atoms with Gasteiger partial charge in [-0.15, -0.1) is 0 Å². The van der Waals surface area contributed by atoms with Gasteiger partial charge in [-0.25, -0.2) is 9.69 Å². The summed E-state index contributed by atoms with van der Waals surface area (Å²) in [5.41, 5.74) is 1.41. The first-order valence-electron chi connectivity index (χ1n) is 9.18. The van der Waals surface area contributed by atoms with Gasteiger partial charge in [-0.2, -0.15) is 0 Å². The number of amides is 1. The number of carbonyl (C=O) groups is 2. The molecule has 1 atom stereocenters. The molecular weight excluding hydrogens is 370 g/mol. The van der Waals surface area contributed by atoms with Crippen LogP contribution in [0.2, 0.25) is 0 Å². The highest BCUT2D eigenvalue weighted by Gasteiger charge is 2.22. The van der Waals surface area contributed by atoms with E-state index in [1.54, 1.807) is 38.3 Å². The van der Waals surface area contributed by atoms with Crippen LogP contribution in [0, 0.1) is 0 Å². The number of rotatable bonds is 6. The van der Waals surface area contributed by atoms with Crippen molar-refractivity contribution in [3.05, 3.63) is 72.3 Å². The van der Waals surface area contributed by atoms with Crippen LogP contribution >= 0.6 is 0 Å². The van der Waals surface area contributed by atoms with E-state index in [-0.39, 0.29) is 6.73 Å². The lowest BCUT2D eigenvalue weighted by molar-refractivity contribution is -0.144. The van der Waals surface area contributed by atoms with Gasteiger partial charge in [0, 0.05) is 0 Å². The van der Waals surface area contributed by atoms with Crippen molar-refractivity contribution in [2.45, 2.75) is 12.8 Å². The molecule has 6 heteroatoms. The maximum atomic E-state index is 12.6. The first kappa shape index (κ1) is 20.2. The molecule has 0 fully saturated rings. The minimum Gasteiger partial charge on any atom is -0.497 e. The Labute approximate surface area is 169 Å². The molecule has 0 aliphatic rings. The molecule has 150 valence electrons. The van der Waals surface area contributed by atoms with Gasteiger partial charge in [-0.3, -0.25) is 4.79 Å². The van der Waals surface area contributed by atoms with Gasteiger partial charge in [-0.1, -0.05) is 42.5 Å². The lowest BCUT2D eigenvalue weighted by atomic mass is 9.98. The van der Waals surface area contributed by atoms with Crippen LogP contribution < -0.4 is 9.64 Å². The first-order chi connectivity index (χ1) is 14.0. The van der Waals surface area contributed by atoms with Crippen LogP contribution in [0.5, 0.6) is 5.75 Å². The highest BCUT2D eigenvalue weighted by atomic mass is 16.6. The maximum Gasteiger partial charge on any atom is 0.416 e. The van der Waals surface area contributed by atoms with E-state index in [1.165, 1.54) is 12.0 Å². The van der Waals surface area contributed by atoms with Crippen LogP contribution in [0.3, 0.4) is 0 Å². The molecular formula is C23H23NO5. The number of benzene rings is 3. The SMILES string of the molecule is COC(=O)N(COC(=O)[C@@H](C)c1ccc2cc(OC)ccc2c1)c1ccccc1. The lowest BCUT2D eigenvalue weighted by Crippen LogP contribution is -2.34. The summed E-state index contributed by atoms with van der Waals surface area (Å²) in [6.45, 7) is 1.54. The number of ether oxygens (including phenoxy) is 3. The van der Waals surface area contributed by atoms with Gasteiger partial charge in [0.2, 0.25) is 0 Å². The molecule has 0 aliphatic heterocycles. The molecule has 3 aromatic carbocycles. The summed E-state index contributed by atoms with van der Waals surface area (Å²) in [5, 5.41) is 2.03. The van der Waals surface area contributed by atoms with E-state index in [0.717, 1.165) is 22.1 Å². The molecule has 0 unspecified atom stereocenters. The summed E-state index contributed by atoms with van der Waals surface area (Å²) in [4.78, 5) is 25.9. The van der Waals surface area contributed by atoms with Crippen LogP contribution in [0.25, 0.3) is 10.8 Å². The minimum atomic E-state index is -0.601. The Hall–Kier alpha value is -3.54. The summed E-state index contributed by atoms with van der Waals surface area (Å²) >= 11 is 0. The number of fused-ring (bicyclic) bond motifs is 1. The second-order valence-corrected chi connectivity index (χ2v) is 6.52. The Kier molecular flexibility index (Phi) is 6.34. The van der Waals surface area contributed by atoms with Gasteiger partial charge < -0.3 is 14.2 Å². The number of carbonyl (C=O) groups excluding carboxylic acids is 2. The fourth-order valence-electron chi connectivity index (χ4n) is 2.98. The van der Waals surface area contributed by atoms with E-state index < -0.39 is 18.0 Å². The zero-order valence-electron chi connectivity index (χ0n) is 16.6. The molecule has 1 amide bonds. The topological polar surface area (TPSA) is 65.1 Å². The maximum absolute atomic E-state index is 12.6. The Balaban J connectivity index is 1.72. The number of anilines is 1. The second kappa shape index (κ2) is 9.10. The van der Waals surface area contributed by atoms with Crippen molar-refractivity contribution in [1.29, 1.82) is 0 Å². The molecule has 0 aliphatic carbocycles. The quantitative estimate of drug-likeness (QED) is 0.448. The summed E-state index contributed by atoms with van der Waals surface area (Å²) in [6.07, 6.45) is -0.601. The standard InChI is InChI=1S/C23H23NO5/c1-16(17-9-10-19-14-21(27-2)12-11-18(19)13-17)22(25)29-15-24(23(26)28-3)20-7-5-4-6-8-20/h4-14,16H,15H2,1-3H3/t16-/m0/s1. The first-order valence-corrected chi connectivity index (χ1v) is 9.18. The normalized spacial score (nSPS) is 11.6. The van der Waals surface area contributed by atoms with Crippen molar-refractivity contribution in [3.63, 3.8) is 0 Å². The number of esters is 1. The van der Waals surface area contributed by atoms with Crippen molar-refractivity contribution in [1.82, 2.24) is 0 Å². The van der Waals surface area contributed by atoms with Gasteiger partial charge in [0.1, 0.15) is 5.75 Å². The zero-order valence-corrected chi connectivity index (χ0v) is 16.6. The number of para-hydroxylation sites is 1. The van der Waals surface area contributed by atoms with Crippen LogP contribution in [0.4, 0.5) is 10.5 Å². The zero-order chi connectivity index (χ0) is 20.8. The Morgan fingerprint density at radius 1 is 0.931 bits per heavy atom. The van der Waals surface area contributed by atoms with Crippen molar-refractivity contribution in [2.24, 2.45) is 0 Å². The molecule has 3 aromatic rings. The monoisotopic (exact) mass is 393 g/mol. The van der Waals surface area contributed by atoms with E-state index in [9.17, 15) is 9.59 Å². The average Bonchev–Trinajstić information content (AvgIpc) is 2.78. The third kappa shape index (κ3) is 4.66. The van der Waals surface area contributed by atoms with E-state index in [2.05, 4.69) is 0 Å².